The molecule has 0 bridgehead atoms. The molecule has 0 heterocycles. The minimum absolute atomic E-state index is 0.113. The molecule has 1 saturated carbocycles. The number of methoxy groups -OCH3 is 1. The molecular formula is C17H24ClNO2. The molecular weight excluding hydrogens is 286 g/mol. The van der Waals surface area contributed by atoms with Gasteiger partial charge in [0.05, 0.1) is 7.11 Å². The van der Waals surface area contributed by atoms with E-state index in [-0.39, 0.29) is 11.3 Å². The Balaban J connectivity index is 1.74. The van der Waals surface area contributed by atoms with Gasteiger partial charge in [-0.15, -0.1) is 11.6 Å². The normalized spacial score (nSPS) is 16.7. The van der Waals surface area contributed by atoms with Crippen molar-refractivity contribution >= 4 is 17.5 Å². The Bertz CT molecular complexity index is 452. The van der Waals surface area contributed by atoms with E-state index in [0.29, 0.717) is 12.3 Å². The smallest absolute Gasteiger partial charge is 0.220 e. The molecule has 0 unspecified atom stereocenters. The van der Waals surface area contributed by atoms with E-state index in [9.17, 15) is 4.79 Å². The van der Waals surface area contributed by atoms with Crippen LogP contribution < -0.4 is 10.1 Å². The van der Waals surface area contributed by atoms with E-state index in [1.165, 1.54) is 12.8 Å². The van der Waals surface area contributed by atoms with Gasteiger partial charge < -0.3 is 10.1 Å². The van der Waals surface area contributed by atoms with E-state index < -0.39 is 0 Å². The highest BCUT2D eigenvalue weighted by molar-refractivity contribution is 6.18. The van der Waals surface area contributed by atoms with E-state index in [1.54, 1.807) is 7.11 Å². The van der Waals surface area contributed by atoms with Gasteiger partial charge in [-0.1, -0.05) is 25.0 Å². The third kappa shape index (κ3) is 4.63. The van der Waals surface area contributed by atoms with Gasteiger partial charge in [-0.25, -0.2) is 0 Å². The zero-order valence-corrected chi connectivity index (χ0v) is 13.4. The van der Waals surface area contributed by atoms with E-state index in [2.05, 4.69) is 5.32 Å². The van der Waals surface area contributed by atoms with Crippen molar-refractivity contribution in [3.05, 3.63) is 29.8 Å². The number of amides is 1. The van der Waals surface area contributed by atoms with Gasteiger partial charge in [0.2, 0.25) is 5.91 Å². The van der Waals surface area contributed by atoms with E-state index in [1.807, 2.05) is 24.3 Å². The minimum Gasteiger partial charge on any atom is -0.497 e. The quantitative estimate of drug-likeness (QED) is 0.782. The number of alkyl halides is 1. The number of carbonyl (C=O) groups is 1. The third-order valence-electron chi connectivity index (χ3n) is 4.41. The summed E-state index contributed by atoms with van der Waals surface area (Å²) in [5.74, 6) is 1.60. The van der Waals surface area contributed by atoms with Crippen molar-refractivity contribution in [1.29, 1.82) is 0 Å². The molecule has 1 aromatic rings. The van der Waals surface area contributed by atoms with Crippen molar-refractivity contribution in [3.63, 3.8) is 0 Å². The Labute approximate surface area is 132 Å². The number of aryl methyl sites for hydroxylation is 1. The number of hydrogen-bond acceptors (Lipinski definition) is 2. The van der Waals surface area contributed by atoms with E-state index in [4.69, 9.17) is 16.3 Å². The van der Waals surface area contributed by atoms with Gasteiger partial charge in [-0.05, 0) is 37.0 Å². The monoisotopic (exact) mass is 309 g/mol. The molecule has 1 aliphatic carbocycles. The lowest BCUT2D eigenvalue weighted by Crippen LogP contribution is -2.37. The first kappa shape index (κ1) is 16.2. The maximum Gasteiger partial charge on any atom is 0.220 e. The van der Waals surface area contributed by atoms with Crippen LogP contribution in [-0.2, 0) is 11.2 Å². The largest absolute Gasteiger partial charge is 0.497 e. The van der Waals surface area contributed by atoms with Crippen LogP contribution in [0, 0.1) is 5.41 Å². The van der Waals surface area contributed by atoms with Gasteiger partial charge in [0.25, 0.3) is 0 Å². The summed E-state index contributed by atoms with van der Waals surface area (Å²) in [6.07, 6.45) is 6.00. The molecule has 116 valence electrons. The Hall–Kier alpha value is -1.22. The average molecular weight is 310 g/mol. The number of halogens is 1. The van der Waals surface area contributed by atoms with Crippen molar-refractivity contribution < 1.29 is 9.53 Å². The fourth-order valence-corrected chi connectivity index (χ4v) is 3.27. The molecule has 3 nitrogen and oxygen atoms in total. The van der Waals surface area contributed by atoms with Gasteiger partial charge in [0.15, 0.2) is 0 Å². The second kappa shape index (κ2) is 7.69. The molecule has 1 amide bonds. The van der Waals surface area contributed by atoms with Crippen LogP contribution in [0.15, 0.2) is 24.3 Å². The summed E-state index contributed by atoms with van der Waals surface area (Å²) < 4.78 is 5.12. The fraction of sp³-hybridized carbons (Fsp3) is 0.588. The Morgan fingerprint density at radius 2 is 1.95 bits per heavy atom. The summed E-state index contributed by atoms with van der Waals surface area (Å²) in [4.78, 5) is 12.0. The number of hydrogen-bond donors (Lipinski definition) is 1. The predicted molar refractivity (Wildman–Crippen MR) is 85.9 cm³/mol. The first-order chi connectivity index (χ1) is 10.2. The number of nitrogens with one attached hydrogen (secondary N) is 1. The summed E-state index contributed by atoms with van der Waals surface area (Å²) >= 11 is 6.09. The summed E-state index contributed by atoms with van der Waals surface area (Å²) in [7, 11) is 1.65. The molecule has 1 aliphatic rings. The SMILES string of the molecule is COc1ccc(CCC(=O)NCC2(CCl)CCCC2)cc1. The van der Waals surface area contributed by atoms with Crippen LogP contribution in [0.25, 0.3) is 0 Å². The maximum absolute atomic E-state index is 12.0. The van der Waals surface area contributed by atoms with Gasteiger partial charge in [0.1, 0.15) is 5.75 Å². The van der Waals surface area contributed by atoms with Crippen LogP contribution in [0.5, 0.6) is 5.75 Å². The van der Waals surface area contributed by atoms with Crippen LogP contribution in [0.4, 0.5) is 0 Å². The fourth-order valence-electron chi connectivity index (χ4n) is 2.91. The molecule has 0 spiro atoms. The number of benzene rings is 1. The summed E-state index contributed by atoms with van der Waals surface area (Å²) in [5, 5.41) is 3.06. The molecule has 2 rings (SSSR count). The van der Waals surface area contributed by atoms with E-state index >= 15 is 0 Å². The predicted octanol–water partition coefficient (Wildman–Crippen LogP) is 3.54. The maximum atomic E-state index is 12.0. The first-order valence-corrected chi connectivity index (χ1v) is 8.16. The summed E-state index contributed by atoms with van der Waals surface area (Å²) in [6.45, 7) is 0.720. The third-order valence-corrected chi connectivity index (χ3v) is 4.97. The molecule has 0 atom stereocenters. The molecule has 1 N–H and O–H groups in total. The van der Waals surface area contributed by atoms with Crippen LogP contribution in [0.2, 0.25) is 0 Å². The van der Waals surface area contributed by atoms with Crippen LogP contribution in [0.3, 0.4) is 0 Å². The molecule has 0 saturated heterocycles. The molecule has 0 aliphatic heterocycles. The lowest BCUT2D eigenvalue weighted by Gasteiger charge is -2.26. The second-order valence-corrected chi connectivity index (χ2v) is 6.23. The van der Waals surface area contributed by atoms with E-state index in [0.717, 1.165) is 37.1 Å². The van der Waals surface area contributed by atoms with Gasteiger partial charge in [-0.2, -0.15) is 0 Å². The first-order valence-electron chi connectivity index (χ1n) is 7.63. The van der Waals surface area contributed by atoms with Gasteiger partial charge in [-0.3, -0.25) is 4.79 Å². The Morgan fingerprint density at radius 3 is 2.52 bits per heavy atom. The zero-order chi connectivity index (χ0) is 15.1. The highest BCUT2D eigenvalue weighted by Crippen LogP contribution is 2.38. The molecule has 0 radical (unpaired) electrons. The van der Waals surface area contributed by atoms with Crippen LogP contribution >= 0.6 is 11.6 Å². The number of ether oxygens (including phenoxy) is 1. The summed E-state index contributed by atoms with van der Waals surface area (Å²) in [6, 6.07) is 7.86. The number of carbonyl (C=O) groups excluding carboxylic acids is 1. The molecule has 1 aromatic carbocycles. The molecule has 1 fully saturated rings. The van der Waals surface area contributed by atoms with Gasteiger partial charge >= 0.3 is 0 Å². The topological polar surface area (TPSA) is 38.3 Å². The van der Waals surface area contributed by atoms with Crippen molar-refractivity contribution in [1.82, 2.24) is 5.32 Å². The highest BCUT2D eigenvalue weighted by atomic mass is 35.5. The zero-order valence-electron chi connectivity index (χ0n) is 12.7. The highest BCUT2D eigenvalue weighted by Gasteiger charge is 2.33. The lowest BCUT2D eigenvalue weighted by atomic mass is 9.88. The Morgan fingerprint density at radius 1 is 1.29 bits per heavy atom. The van der Waals surface area contributed by atoms with Crippen molar-refractivity contribution in [3.8, 4) is 5.75 Å². The second-order valence-electron chi connectivity index (χ2n) is 5.97. The number of rotatable bonds is 7. The molecule has 21 heavy (non-hydrogen) atoms. The van der Waals surface area contributed by atoms with Crippen molar-refractivity contribution in [2.24, 2.45) is 5.41 Å². The summed E-state index contributed by atoms with van der Waals surface area (Å²) in [5.41, 5.74) is 1.29. The van der Waals surface area contributed by atoms with Crippen molar-refractivity contribution in [2.75, 3.05) is 19.5 Å². The molecule has 4 heteroatoms. The average Bonchev–Trinajstić information content (AvgIpc) is 3.01. The Kier molecular flexibility index (Phi) is 5.92. The minimum atomic E-state index is 0.113. The van der Waals surface area contributed by atoms with Gasteiger partial charge in [0, 0.05) is 24.3 Å². The molecule has 0 aromatic heterocycles. The standard InChI is InChI=1S/C17H24ClNO2/c1-21-15-7-4-14(5-8-15)6-9-16(20)19-13-17(12-18)10-2-3-11-17/h4-5,7-8H,2-3,6,9-13H2,1H3,(H,19,20). The van der Waals surface area contributed by atoms with Crippen LogP contribution in [-0.4, -0.2) is 25.4 Å². The lowest BCUT2D eigenvalue weighted by molar-refractivity contribution is -0.121. The van der Waals surface area contributed by atoms with Crippen LogP contribution in [0.1, 0.15) is 37.7 Å². The van der Waals surface area contributed by atoms with Crippen molar-refractivity contribution in [2.45, 2.75) is 38.5 Å².